The largest absolute Gasteiger partial charge is 0.480 e. The highest BCUT2D eigenvalue weighted by Gasteiger charge is 2.51. The summed E-state index contributed by atoms with van der Waals surface area (Å²) >= 11 is 9.28. The molecule has 0 amide bonds. The molecular formula is C14H17BrClNO2. The predicted molar refractivity (Wildman–Crippen MR) is 80.7 cm³/mol. The lowest BCUT2D eigenvalue weighted by molar-refractivity contribution is -0.148. The third-order valence-corrected chi connectivity index (χ3v) is 5.09. The molecule has 2 rings (SSSR count). The average molecular weight is 347 g/mol. The van der Waals surface area contributed by atoms with Gasteiger partial charge in [-0.25, -0.2) is 4.79 Å². The van der Waals surface area contributed by atoms with Crippen LogP contribution in [0.25, 0.3) is 0 Å². The maximum Gasteiger partial charge on any atom is 0.329 e. The van der Waals surface area contributed by atoms with Crippen molar-refractivity contribution in [3.05, 3.63) is 27.7 Å². The minimum absolute atomic E-state index is 0.472. The van der Waals surface area contributed by atoms with Gasteiger partial charge in [-0.05, 0) is 58.8 Å². The van der Waals surface area contributed by atoms with Gasteiger partial charge in [0.25, 0.3) is 0 Å². The molecule has 0 aromatic heterocycles. The number of hydrogen-bond donors (Lipinski definition) is 2. The van der Waals surface area contributed by atoms with Gasteiger partial charge in [-0.2, -0.15) is 0 Å². The molecule has 1 aromatic carbocycles. The van der Waals surface area contributed by atoms with E-state index in [0.717, 1.165) is 10.2 Å². The normalized spacial score (nSPS) is 26.1. The molecule has 1 aliphatic rings. The van der Waals surface area contributed by atoms with Crippen LogP contribution in [0.3, 0.4) is 0 Å². The molecule has 0 unspecified atom stereocenters. The lowest BCUT2D eigenvalue weighted by atomic mass is 9.64. The van der Waals surface area contributed by atoms with Crippen molar-refractivity contribution in [1.82, 2.24) is 0 Å². The standard InChI is InChI=1S/C14H17BrClNO2/c1-8(2)9-6-14(7-9,13(18)19)17-10-3-4-12(16)11(15)5-10/h3-5,8-9,17H,6-7H2,1-2H3,(H,18,19). The van der Waals surface area contributed by atoms with Gasteiger partial charge < -0.3 is 10.4 Å². The van der Waals surface area contributed by atoms with Gasteiger partial charge in [0.1, 0.15) is 5.54 Å². The first kappa shape index (κ1) is 14.7. The molecule has 19 heavy (non-hydrogen) atoms. The molecule has 1 aliphatic carbocycles. The predicted octanol–water partition coefficient (Wildman–Crippen LogP) is 4.40. The monoisotopic (exact) mass is 345 g/mol. The van der Waals surface area contributed by atoms with E-state index in [4.69, 9.17) is 11.6 Å². The number of anilines is 1. The second-order valence-corrected chi connectivity index (χ2v) is 6.82. The van der Waals surface area contributed by atoms with Crippen molar-refractivity contribution in [2.24, 2.45) is 11.8 Å². The number of benzene rings is 1. The molecule has 0 bridgehead atoms. The fraction of sp³-hybridized carbons (Fsp3) is 0.500. The van der Waals surface area contributed by atoms with Crippen LogP contribution in [-0.4, -0.2) is 16.6 Å². The minimum Gasteiger partial charge on any atom is -0.480 e. The smallest absolute Gasteiger partial charge is 0.329 e. The number of rotatable bonds is 4. The Morgan fingerprint density at radius 1 is 1.53 bits per heavy atom. The first-order valence-corrected chi connectivity index (χ1v) is 7.48. The zero-order chi connectivity index (χ0) is 14.2. The van der Waals surface area contributed by atoms with Crippen molar-refractivity contribution >= 4 is 39.2 Å². The van der Waals surface area contributed by atoms with Gasteiger partial charge in [0.15, 0.2) is 0 Å². The van der Waals surface area contributed by atoms with E-state index in [0.29, 0.717) is 29.7 Å². The number of carbonyl (C=O) groups is 1. The van der Waals surface area contributed by atoms with Crippen LogP contribution in [-0.2, 0) is 4.79 Å². The van der Waals surface area contributed by atoms with Crippen molar-refractivity contribution < 1.29 is 9.90 Å². The molecule has 0 heterocycles. The number of carboxylic acids is 1. The Morgan fingerprint density at radius 2 is 2.16 bits per heavy atom. The summed E-state index contributed by atoms with van der Waals surface area (Å²) in [5.41, 5.74) is -0.0526. The Balaban J connectivity index is 2.15. The second kappa shape index (κ2) is 5.33. The van der Waals surface area contributed by atoms with E-state index in [2.05, 4.69) is 35.1 Å². The summed E-state index contributed by atoms with van der Waals surface area (Å²) in [6.45, 7) is 4.27. The van der Waals surface area contributed by atoms with Gasteiger partial charge in [-0.15, -0.1) is 0 Å². The molecule has 0 spiro atoms. The van der Waals surface area contributed by atoms with E-state index in [1.54, 1.807) is 12.1 Å². The number of carboxylic acid groups (broad SMARTS) is 1. The molecule has 1 fully saturated rings. The van der Waals surface area contributed by atoms with Crippen molar-refractivity contribution in [1.29, 1.82) is 0 Å². The van der Waals surface area contributed by atoms with E-state index in [9.17, 15) is 9.90 Å². The molecule has 2 N–H and O–H groups in total. The van der Waals surface area contributed by atoms with Crippen molar-refractivity contribution in [3.63, 3.8) is 0 Å². The molecule has 1 saturated carbocycles. The Hall–Kier alpha value is -0.740. The van der Waals surface area contributed by atoms with Crippen molar-refractivity contribution in [3.8, 4) is 0 Å². The number of aliphatic carboxylic acids is 1. The zero-order valence-corrected chi connectivity index (χ0v) is 13.3. The van der Waals surface area contributed by atoms with Gasteiger partial charge in [0, 0.05) is 10.2 Å². The average Bonchev–Trinajstić information content (AvgIpc) is 2.26. The third kappa shape index (κ3) is 2.90. The van der Waals surface area contributed by atoms with Crippen LogP contribution in [0, 0.1) is 11.8 Å². The SMILES string of the molecule is CC(C)C1CC(Nc2ccc(Cl)c(Br)c2)(C(=O)O)C1. The fourth-order valence-corrected chi connectivity index (χ4v) is 2.98. The summed E-state index contributed by atoms with van der Waals surface area (Å²) < 4.78 is 0.763. The highest BCUT2D eigenvalue weighted by atomic mass is 79.9. The quantitative estimate of drug-likeness (QED) is 0.849. The maximum absolute atomic E-state index is 11.5. The Morgan fingerprint density at radius 3 is 2.63 bits per heavy atom. The summed E-state index contributed by atoms with van der Waals surface area (Å²) in [6, 6.07) is 5.37. The van der Waals surface area contributed by atoms with E-state index in [-0.39, 0.29) is 0 Å². The molecule has 1 aromatic rings. The highest BCUT2D eigenvalue weighted by Crippen LogP contribution is 2.44. The molecule has 5 heteroatoms. The Labute approximate surface area is 126 Å². The number of hydrogen-bond acceptors (Lipinski definition) is 2. The molecule has 3 nitrogen and oxygen atoms in total. The summed E-state index contributed by atoms with van der Waals surface area (Å²) in [5, 5.41) is 13.2. The first-order valence-electron chi connectivity index (χ1n) is 6.31. The van der Waals surface area contributed by atoms with E-state index in [1.165, 1.54) is 0 Å². The summed E-state index contributed by atoms with van der Waals surface area (Å²) in [7, 11) is 0. The second-order valence-electron chi connectivity index (χ2n) is 5.55. The van der Waals surface area contributed by atoms with Crippen LogP contribution < -0.4 is 5.32 Å². The highest BCUT2D eigenvalue weighted by molar-refractivity contribution is 9.10. The summed E-state index contributed by atoms with van der Waals surface area (Å²) in [4.78, 5) is 11.5. The Bertz CT molecular complexity index is 498. The van der Waals surface area contributed by atoms with E-state index < -0.39 is 11.5 Å². The molecular weight excluding hydrogens is 330 g/mol. The van der Waals surface area contributed by atoms with Crippen molar-refractivity contribution in [2.75, 3.05) is 5.32 Å². The lowest BCUT2D eigenvalue weighted by Gasteiger charge is -2.47. The number of halogens is 2. The van der Waals surface area contributed by atoms with Crippen LogP contribution in [0.4, 0.5) is 5.69 Å². The van der Waals surface area contributed by atoms with Gasteiger partial charge in [-0.3, -0.25) is 0 Å². The van der Waals surface area contributed by atoms with E-state index >= 15 is 0 Å². The van der Waals surface area contributed by atoms with Crippen LogP contribution >= 0.6 is 27.5 Å². The van der Waals surface area contributed by atoms with Gasteiger partial charge in [0.05, 0.1) is 5.02 Å². The molecule has 0 radical (unpaired) electrons. The summed E-state index contributed by atoms with van der Waals surface area (Å²) in [6.07, 6.45) is 1.33. The first-order chi connectivity index (χ1) is 8.84. The van der Waals surface area contributed by atoms with Gasteiger partial charge in [0.2, 0.25) is 0 Å². The van der Waals surface area contributed by atoms with Crippen LogP contribution in [0.2, 0.25) is 5.02 Å². The maximum atomic E-state index is 11.5. The van der Waals surface area contributed by atoms with Crippen LogP contribution in [0.5, 0.6) is 0 Å². The molecule has 0 saturated heterocycles. The zero-order valence-electron chi connectivity index (χ0n) is 10.9. The van der Waals surface area contributed by atoms with Gasteiger partial charge in [-0.1, -0.05) is 25.4 Å². The lowest BCUT2D eigenvalue weighted by Crippen LogP contribution is -2.57. The fourth-order valence-electron chi connectivity index (χ4n) is 2.49. The van der Waals surface area contributed by atoms with Crippen molar-refractivity contribution in [2.45, 2.75) is 32.2 Å². The number of nitrogens with one attached hydrogen (secondary N) is 1. The minimum atomic E-state index is -0.831. The Kier molecular flexibility index (Phi) is 4.11. The van der Waals surface area contributed by atoms with Crippen LogP contribution in [0.15, 0.2) is 22.7 Å². The summed E-state index contributed by atoms with van der Waals surface area (Å²) in [5.74, 6) is 0.209. The third-order valence-electron chi connectivity index (χ3n) is 3.88. The topological polar surface area (TPSA) is 49.3 Å². The van der Waals surface area contributed by atoms with Crippen LogP contribution in [0.1, 0.15) is 26.7 Å². The van der Waals surface area contributed by atoms with E-state index in [1.807, 2.05) is 6.07 Å². The molecule has 104 valence electrons. The molecule has 0 aliphatic heterocycles. The van der Waals surface area contributed by atoms with Gasteiger partial charge >= 0.3 is 5.97 Å². The molecule has 0 atom stereocenters.